The van der Waals surface area contributed by atoms with E-state index in [9.17, 15) is 0 Å². The summed E-state index contributed by atoms with van der Waals surface area (Å²) < 4.78 is 7.87. The van der Waals surface area contributed by atoms with Crippen LogP contribution < -0.4 is 37.7 Å². The van der Waals surface area contributed by atoms with Gasteiger partial charge in [0.2, 0.25) is 0 Å². The molecule has 0 radical (unpaired) electrons. The molecule has 4 aliphatic rings. The van der Waals surface area contributed by atoms with Crippen LogP contribution in [0.2, 0.25) is 0 Å². The van der Waals surface area contributed by atoms with Crippen LogP contribution in [0.4, 0.5) is 17.1 Å². The Kier molecular flexibility index (Phi) is 5.22. The first-order chi connectivity index (χ1) is 29.8. The van der Waals surface area contributed by atoms with Gasteiger partial charge in [-0.2, -0.15) is 0 Å². The normalized spacial score (nSPS) is 13.9. The fourth-order valence-electron chi connectivity index (χ4n) is 12.5. The Hall–Kier alpha value is -7.69. The molecule has 0 amide bonds. The molecule has 0 unspecified atom stereocenters. The van der Waals surface area contributed by atoms with Gasteiger partial charge < -0.3 is 18.6 Å². The molecule has 6 heteroatoms. The highest BCUT2D eigenvalue weighted by atomic mass is 15.2. The average molecular weight is 756 g/mol. The number of aromatic nitrogens is 3. The van der Waals surface area contributed by atoms with E-state index in [-0.39, 0.29) is 13.4 Å². The van der Waals surface area contributed by atoms with Crippen LogP contribution in [0.1, 0.15) is 0 Å². The van der Waals surface area contributed by atoms with Gasteiger partial charge in [-0.05, 0) is 81.3 Å². The molecular formula is C54H30B2N4. The van der Waals surface area contributed by atoms with Gasteiger partial charge in [0, 0.05) is 77.5 Å². The largest absolute Gasteiger partial charge is 0.311 e. The van der Waals surface area contributed by atoms with E-state index in [4.69, 9.17) is 0 Å². The zero-order valence-electron chi connectivity index (χ0n) is 32.3. The van der Waals surface area contributed by atoms with Crippen molar-refractivity contribution in [1.29, 1.82) is 0 Å². The minimum Gasteiger partial charge on any atom is -0.311 e. The molecule has 9 aromatic carbocycles. The summed E-state index contributed by atoms with van der Waals surface area (Å²) in [6.07, 6.45) is 0. The smallest absolute Gasteiger partial charge is 0.252 e. The third kappa shape index (κ3) is 3.27. The molecule has 3 aromatic heterocycles. The van der Waals surface area contributed by atoms with E-state index in [1.807, 2.05) is 0 Å². The maximum atomic E-state index is 2.70. The molecular weight excluding hydrogens is 726 g/mol. The molecule has 272 valence electrons. The number of para-hydroxylation sites is 7. The standard InChI is InChI=1S/C54H30B2N4/c1-3-15-31(16-4-1)57-44-28-12-9-23-38(44)55-39-24-13-21-34-35-22-14-25-40-51(35)60(50(34)39)54-48(55)45(57)30-46-49(54)56(40)41-29-37-33-19-7-10-26-42(33)58(32-17-5-2-6-18-32)52(37)47-36-20-8-11-27-43(36)59(46)53(41)47/h1-30H. The molecule has 4 nitrogen and oxygen atoms in total. The van der Waals surface area contributed by atoms with Crippen LogP contribution in [0, 0.1) is 0 Å². The lowest BCUT2D eigenvalue weighted by Gasteiger charge is -2.44. The third-order valence-corrected chi connectivity index (χ3v) is 14.5. The minimum absolute atomic E-state index is 0.0351. The Morgan fingerprint density at radius 1 is 0.317 bits per heavy atom. The van der Waals surface area contributed by atoms with Crippen LogP contribution in [0.5, 0.6) is 0 Å². The molecule has 0 N–H and O–H groups in total. The monoisotopic (exact) mass is 756 g/mol. The number of hydrogen-bond acceptors (Lipinski definition) is 1. The number of benzene rings is 9. The number of anilines is 3. The van der Waals surface area contributed by atoms with Crippen LogP contribution in [-0.4, -0.2) is 27.1 Å². The van der Waals surface area contributed by atoms with E-state index in [1.165, 1.54) is 132 Å². The summed E-state index contributed by atoms with van der Waals surface area (Å²) in [5, 5.41) is 7.87. The second kappa shape index (κ2) is 10.3. The number of fused-ring (bicyclic) bond motifs is 14. The first kappa shape index (κ1) is 30.4. The molecule has 0 atom stereocenters. The number of nitrogens with zero attached hydrogens (tertiary/aromatic N) is 4. The Bertz CT molecular complexity index is 3970. The fraction of sp³-hybridized carbons (Fsp3) is 0. The first-order valence-electron chi connectivity index (χ1n) is 21.1. The maximum absolute atomic E-state index is 2.70. The molecule has 0 saturated heterocycles. The lowest BCUT2D eigenvalue weighted by molar-refractivity contribution is 1.14. The van der Waals surface area contributed by atoms with Crippen molar-refractivity contribution in [1.82, 2.24) is 13.7 Å². The minimum atomic E-state index is 0.0351. The van der Waals surface area contributed by atoms with Gasteiger partial charge in [-0.15, -0.1) is 0 Å². The predicted octanol–water partition coefficient (Wildman–Crippen LogP) is 8.73. The van der Waals surface area contributed by atoms with E-state index in [1.54, 1.807) is 0 Å². The van der Waals surface area contributed by atoms with Crippen LogP contribution >= 0.6 is 0 Å². The summed E-state index contributed by atoms with van der Waals surface area (Å²) in [6, 6.07) is 68.6. The third-order valence-electron chi connectivity index (χ3n) is 14.5. The lowest BCUT2D eigenvalue weighted by atomic mass is 9.30. The Morgan fingerprint density at radius 3 is 1.63 bits per heavy atom. The van der Waals surface area contributed by atoms with Crippen LogP contribution in [0.25, 0.3) is 82.5 Å². The summed E-state index contributed by atoms with van der Waals surface area (Å²) in [4.78, 5) is 2.55. The molecule has 16 rings (SSSR count). The molecule has 4 aliphatic heterocycles. The zero-order chi connectivity index (χ0) is 38.5. The van der Waals surface area contributed by atoms with Crippen molar-refractivity contribution in [3.05, 3.63) is 182 Å². The molecule has 60 heavy (non-hydrogen) atoms. The number of rotatable bonds is 2. The van der Waals surface area contributed by atoms with E-state index < -0.39 is 0 Å². The summed E-state index contributed by atoms with van der Waals surface area (Å²) in [5.41, 5.74) is 23.6. The summed E-state index contributed by atoms with van der Waals surface area (Å²) in [5.74, 6) is 0. The van der Waals surface area contributed by atoms with E-state index in [0.29, 0.717) is 0 Å². The van der Waals surface area contributed by atoms with Crippen molar-refractivity contribution in [2.24, 2.45) is 0 Å². The SMILES string of the molecule is c1ccc(N2c3ccccc3B3c4c2cc2c5c4-n4c6c3cccc6c3cccc(c34)B5c3cc4c5ccccc5n(-c5ccccc5)c4c4c5ccccc5n-2c34)cc1. The van der Waals surface area contributed by atoms with Gasteiger partial charge >= 0.3 is 0 Å². The highest BCUT2D eigenvalue weighted by Crippen LogP contribution is 2.47. The van der Waals surface area contributed by atoms with Crippen LogP contribution in [-0.2, 0) is 0 Å². The van der Waals surface area contributed by atoms with Crippen molar-refractivity contribution >= 4 is 129 Å². The highest BCUT2D eigenvalue weighted by molar-refractivity contribution is 7.04. The lowest BCUT2D eigenvalue weighted by Crippen LogP contribution is -2.66. The van der Waals surface area contributed by atoms with Crippen LogP contribution in [0.15, 0.2) is 182 Å². The first-order valence-corrected chi connectivity index (χ1v) is 21.1. The summed E-state index contributed by atoms with van der Waals surface area (Å²) >= 11 is 0. The van der Waals surface area contributed by atoms with E-state index in [2.05, 4.69) is 201 Å². The topological polar surface area (TPSA) is 18.0 Å². The zero-order valence-corrected chi connectivity index (χ0v) is 32.3. The number of hydrogen-bond donors (Lipinski definition) is 0. The molecule has 0 spiro atoms. The van der Waals surface area contributed by atoms with Crippen LogP contribution in [0.3, 0.4) is 0 Å². The average Bonchev–Trinajstić information content (AvgIpc) is 3.96. The van der Waals surface area contributed by atoms with E-state index >= 15 is 0 Å². The second-order valence-corrected chi connectivity index (χ2v) is 17.1. The highest BCUT2D eigenvalue weighted by Gasteiger charge is 2.49. The Labute approximate surface area is 344 Å². The van der Waals surface area contributed by atoms with Gasteiger partial charge in [0.05, 0.1) is 22.1 Å². The van der Waals surface area contributed by atoms with Crippen molar-refractivity contribution < 1.29 is 0 Å². The molecule has 0 saturated carbocycles. The fourth-order valence-corrected chi connectivity index (χ4v) is 12.5. The molecule has 0 bridgehead atoms. The molecule has 0 fully saturated rings. The van der Waals surface area contributed by atoms with Crippen molar-refractivity contribution in [3.8, 4) is 17.1 Å². The van der Waals surface area contributed by atoms with Gasteiger partial charge in [-0.25, -0.2) is 0 Å². The maximum Gasteiger partial charge on any atom is 0.252 e. The van der Waals surface area contributed by atoms with Crippen molar-refractivity contribution in [2.45, 2.75) is 0 Å². The molecule has 12 aromatic rings. The van der Waals surface area contributed by atoms with Crippen molar-refractivity contribution in [3.63, 3.8) is 0 Å². The Morgan fingerprint density at radius 2 is 0.883 bits per heavy atom. The van der Waals surface area contributed by atoms with E-state index in [0.717, 1.165) is 0 Å². The summed E-state index contributed by atoms with van der Waals surface area (Å²) in [7, 11) is 0. The van der Waals surface area contributed by atoms with Gasteiger partial charge in [0.15, 0.2) is 0 Å². The summed E-state index contributed by atoms with van der Waals surface area (Å²) in [6.45, 7) is 0.126. The second-order valence-electron chi connectivity index (χ2n) is 17.1. The molecule has 7 heterocycles. The molecule has 0 aliphatic carbocycles. The van der Waals surface area contributed by atoms with Gasteiger partial charge in [0.25, 0.3) is 13.4 Å². The predicted molar refractivity (Wildman–Crippen MR) is 253 cm³/mol. The van der Waals surface area contributed by atoms with Crippen molar-refractivity contribution in [2.75, 3.05) is 4.90 Å². The van der Waals surface area contributed by atoms with Gasteiger partial charge in [-0.3, -0.25) is 0 Å². The van der Waals surface area contributed by atoms with Gasteiger partial charge in [-0.1, -0.05) is 133 Å². The Balaban J connectivity index is 1.18. The van der Waals surface area contributed by atoms with Gasteiger partial charge in [0.1, 0.15) is 0 Å². The quantitative estimate of drug-likeness (QED) is 0.162.